The summed E-state index contributed by atoms with van der Waals surface area (Å²) in [7, 11) is 4.68. The first-order valence-electron chi connectivity index (χ1n) is 8.52. The molecule has 0 bridgehead atoms. The van der Waals surface area contributed by atoms with E-state index in [1.54, 1.807) is 38.4 Å². The summed E-state index contributed by atoms with van der Waals surface area (Å²) in [6.45, 7) is 0.834. The minimum atomic E-state index is -4.50. The van der Waals surface area contributed by atoms with E-state index in [0.29, 0.717) is 36.8 Å². The first kappa shape index (κ1) is 19.8. The molecule has 3 rings (SSSR count). The first-order chi connectivity index (χ1) is 13.4. The zero-order valence-corrected chi connectivity index (χ0v) is 15.7. The summed E-state index contributed by atoms with van der Waals surface area (Å²) < 4.78 is 54.9. The van der Waals surface area contributed by atoms with Crippen LogP contribution in [0.4, 0.5) is 19.1 Å². The van der Waals surface area contributed by atoms with Crippen LogP contribution in [0.25, 0.3) is 5.57 Å². The third-order valence-electron chi connectivity index (χ3n) is 4.46. The van der Waals surface area contributed by atoms with Crippen LogP contribution in [0.5, 0.6) is 17.2 Å². The average molecular weight is 395 g/mol. The van der Waals surface area contributed by atoms with Gasteiger partial charge in [0, 0.05) is 31.4 Å². The molecular formula is C19H20F3N3O3. The summed E-state index contributed by atoms with van der Waals surface area (Å²) in [6.07, 6.45) is -0.892. The third-order valence-corrected chi connectivity index (χ3v) is 4.46. The van der Waals surface area contributed by atoms with Gasteiger partial charge in [0.2, 0.25) is 5.95 Å². The number of benzene rings is 1. The van der Waals surface area contributed by atoms with Gasteiger partial charge < -0.3 is 19.1 Å². The number of hydrogen-bond donors (Lipinski definition) is 0. The molecule has 0 saturated carbocycles. The van der Waals surface area contributed by atoms with Crippen molar-refractivity contribution in [1.82, 2.24) is 9.97 Å². The molecule has 2 heterocycles. The number of methoxy groups -OCH3 is 3. The molecule has 1 aromatic heterocycles. The Balaban J connectivity index is 1.89. The zero-order valence-electron chi connectivity index (χ0n) is 15.7. The van der Waals surface area contributed by atoms with E-state index in [1.807, 2.05) is 6.08 Å². The van der Waals surface area contributed by atoms with Crippen LogP contribution >= 0.6 is 0 Å². The Morgan fingerprint density at radius 2 is 1.71 bits per heavy atom. The molecule has 1 aromatic carbocycles. The Morgan fingerprint density at radius 3 is 2.21 bits per heavy atom. The molecular weight excluding hydrogens is 375 g/mol. The van der Waals surface area contributed by atoms with Crippen LogP contribution in [0.3, 0.4) is 0 Å². The summed E-state index contributed by atoms with van der Waals surface area (Å²) >= 11 is 0. The number of nitrogens with zero attached hydrogens (tertiary/aromatic N) is 3. The van der Waals surface area contributed by atoms with Crippen LogP contribution in [-0.4, -0.2) is 44.4 Å². The molecule has 0 atom stereocenters. The number of rotatable bonds is 5. The summed E-state index contributed by atoms with van der Waals surface area (Å²) in [4.78, 5) is 9.33. The highest BCUT2D eigenvalue weighted by atomic mass is 19.4. The van der Waals surface area contributed by atoms with Crippen molar-refractivity contribution >= 4 is 11.5 Å². The van der Waals surface area contributed by atoms with Gasteiger partial charge in [-0.05, 0) is 18.1 Å². The second kappa shape index (κ2) is 7.95. The Bertz CT molecular complexity index is 859. The Hall–Kier alpha value is -2.97. The van der Waals surface area contributed by atoms with Crippen LogP contribution < -0.4 is 19.1 Å². The van der Waals surface area contributed by atoms with Crippen LogP contribution in [0, 0.1) is 0 Å². The lowest BCUT2D eigenvalue weighted by atomic mass is 9.97. The number of aromatic nitrogens is 2. The molecule has 1 aliphatic heterocycles. The van der Waals surface area contributed by atoms with Gasteiger partial charge in [-0.15, -0.1) is 0 Å². The van der Waals surface area contributed by atoms with Crippen molar-refractivity contribution in [3.05, 3.63) is 41.7 Å². The summed E-state index contributed by atoms with van der Waals surface area (Å²) in [6, 6.07) is 4.39. The van der Waals surface area contributed by atoms with E-state index in [-0.39, 0.29) is 5.95 Å². The van der Waals surface area contributed by atoms with Gasteiger partial charge in [-0.25, -0.2) is 9.97 Å². The van der Waals surface area contributed by atoms with Crippen molar-refractivity contribution in [3.63, 3.8) is 0 Å². The number of hydrogen-bond acceptors (Lipinski definition) is 6. The fourth-order valence-corrected chi connectivity index (χ4v) is 3.06. The number of alkyl halides is 3. The van der Waals surface area contributed by atoms with Crippen molar-refractivity contribution in [2.45, 2.75) is 12.6 Å². The van der Waals surface area contributed by atoms with E-state index in [0.717, 1.165) is 23.4 Å². The van der Waals surface area contributed by atoms with Gasteiger partial charge >= 0.3 is 6.18 Å². The molecule has 0 fully saturated rings. The van der Waals surface area contributed by atoms with Crippen molar-refractivity contribution in [2.24, 2.45) is 0 Å². The Morgan fingerprint density at radius 1 is 1.04 bits per heavy atom. The maximum atomic E-state index is 12.9. The molecule has 2 aromatic rings. The van der Waals surface area contributed by atoms with Gasteiger partial charge in [-0.1, -0.05) is 6.08 Å². The van der Waals surface area contributed by atoms with Gasteiger partial charge in [0.05, 0.1) is 26.9 Å². The van der Waals surface area contributed by atoms with Crippen LogP contribution in [-0.2, 0) is 6.18 Å². The second-order valence-electron chi connectivity index (χ2n) is 6.07. The maximum Gasteiger partial charge on any atom is 0.433 e. The molecule has 0 radical (unpaired) electrons. The monoisotopic (exact) mass is 395 g/mol. The minimum absolute atomic E-state index is 0.0544. The lowest BCUT2D eigenvalue weighted by Gasteiger charge is -2.28. The molecule has 1 aliphatic rings. The van der Waals surface area contributed by atoms with E-state index in [2.05, 4.69) is 9.97 Å². The molecule has 150 valence electrons. The number of ether oxygens (including phenoxy) is 3. The largest absolute Gasteiger partial charge is 0.496 e. The highest BCUT2D eigenvalue weighted by Gasteiger charge is 2.33. The summed E-state index contributed by atoms with van der Waals surface area (Å²) in [5, 5.41) is 0. The van der Waals surface area contributed by atoms with E-state index < -0.39 is 11.9 Å². The fraction of sp³-hybridized carbons (Fsp3) is 0.368. The van der Waals surface area contributed by atoms with Crippen molar-refractivity contribution in [2.75, 3.05) is 39.3 Å². The topological polar surface area (TPSA) is 56.7 Å². The zero-order chi connectivity index (χ0) is 20.3. The lowest BCUT2D eigenvalue weighted by molar-refractivity contribution is -0.141. The molecule has 28 heavy (non-hydrogen) atoms. The van der Waals surface area contributed by atoms with Gasteiger partial charge in [0.15, 0.2) is 0 Å². The summed E-state index contributed by atoms with van der Waals surface area (Å²) in [5.74, 6) is 1.86. The Kier molecular flexibility index (Phi) is 5.62. The molecule has 0 aliphatic carbocycles. The van der Waals surface area contributed by atoms with E-state index in [9.17, 15) is 13.2 Å². The normalized spacial score (nSPS) is 14.5. The molecule has 9 heteroatoms. The van der Waals surface area contributed by atoms with Gasteiger partial charge in [0.1, 0.15) is 22.9 Å². The molecule has 0 saturated heterocycles. The minimum Gasteiger partial charge on any atom is -0.496 e. The van der Waals surface area contributed by atoms with Gasteiger partial charge in [-0.2, -0.15) is 13.2 Å². The van der Waals surface area contributed by atoms with E-state index >= 15 is 0 Å². The first-order valence-corrected chi connectivity index (χ1v) is 8.52. The standard InChI is InChI=1S/C19H20F3N3O3/c1-26-13-10-14(27-2)17(15(11-13)28-3)12-5-8-25(9-6-12)18-23-7-4-16(24-18)19(20,21)22/h4-5,7,10-11H,6,8-9H2,1-3H3. The molecule has 0 amide bonds. The molecule has 0 unspecified atom stereocenters. The van der Waals surface area contributed by atoms with Gasteiger partial charge in [0.25, 0.3) is 0 Å². The lowest BCUT2D eigenvalue weighted by Crippen LogP contribution is -2.30. The maximum absolute atomic E-state index is 12.9. The quantitative estimate of drug-likeness (QED) is 0.767. The van der Waals surface area contributed by atoms with E-state index in [1.165, 1.54) is 0 Å². The van der Waals surface area contributed by atoms with Crippen molar-refractivity contribution in [1.29, 1.82) is 0 Å². The molecule has 0 N–H and O–H groups in total. The van der Waals surface area contributed by atoms with Crippen LogP contribution in [0.1, 0.15) is 17.7 Å². The Labute approximate surface area is 160 Å². The smallest absolute Gasteiger partial charge is 0.433 e. The fourth-order valence-electron chi connectivity index (χ4n) is 3.06. The highest BCUT2D eigenvalue weighted by Crippen LogP contribution is 2.41. The summed E-state index contributed by atoms with van der Waals surface area (Å²) in [5.41, 5.74) is 0.820. The van der Waals surface area contributed by atoms with Crippen molar-refractivity contribution < 1.29 is 27.4 Å². The van der Waals surface area contributed by atoms with Crippen LogP contribution in [0.2, 0.25) is 0 Å². The average Bonchev–Trinajstić information content (AvgIpc) is 2.72. The number of halogens is 3. The SMILES string of the molecule is COc1cc(OC)c(C2=CCN(c3nccc(C(F)(F)F)n3)CC2)c(OC)c1. The number of anilines is 1. The van der Waals surface area contributed by atoms with E-state index in [4.69, 9.17) is 14.2 Å². The predicted octanol–water partition coefficient (Wildman–Crippen LogP) is 3.81. The van der Waals surface area contributed by atoms with Crippen molar-refractivity contribution in [3.8, 4) is 17.2 Å². The third kappa shape index (κ3) is 3.97. The predicted molar refractivity (Wildman–Crippen MR) is 97.9 cm³/mol. The molecule has 0 spiro atoms. The highest BCUT2D eigenvalue weighted by molar-refractivity contribution is 5.78. The van der Waals surface area contributed by atoms with Crippen LogP contribution in [0.15, 0.2) is 30.5 Å². The van der Waals surface area contributed by atoms with Gasteiger partial charge in [-0.3, -0.25) is 0 Å². The molecule has 6 nitrogen and oxygen atoms in total. The second-order valence-corrected chi connectivity index (χ2v) is 6.07.